The summed E-state index contributed by atoms with van der Waals surface area (Å²) in [6.07, 6.45) is 3.18. The fourth-order valence-electron chi connectivity index (χ4n) is 0.365. The van der Waals surface area contributed by atoms with Crippen molar-refractivity contribution >= 4 is 0 Å². The molecule has 0 saturated heterocycles. The highest BCUT2D eigenvalue weighted by molar-refractivity contribution is 4.83. The average molecular weight is 110 g/mol. The molecule has 2 heteroatoms. The van der Waals surface area contributed by atoms with Gasteiger partial charge in [0.05, 0.1) is 6.61 Å². The highest BCUT2D eigenvalue weighted by Crippen LogP contribution is 1.82. The molecular weight excluding hydrogens is 104 g/mol. The van der Waals surface area contributed by atoms with Gasteiger partial charge >= 0.3 is 0 Å². The fraction of sp³-hybridized carbons (Fsp3) is 0.333. The Hall–Kier alpha value is -0.940. The molecular formula is C6H6O2. The van der Waals surface area contributed by atoms with E-state index >= 15 is 0 Å². The van der Waals surface area contributed by atoms with Gasteiger partial charge in [0.2, 0.25) is 0 Å². The monoisotopic (exact) mass is 110 g/mol. The summed E-state index contributed by atoms with van der Waals surface area (Å²) in [5.74, 6) is 0. The second kappa shape index (κ2) is 3.11. The summed E-state index contributed by atoms with van der Waals surface area (Å²) in [7, 11) is 0. The summed E-state index contributed by atoms with van der Waals surface area (Å²) in [6.45, 7) is 0.867. The van der Waals surface area contributed by atoms with E-state index in [2.05, 4.69) is 11.5 Å². The van der Waals surface area contributed by atoms with Crippen molar-refractivity contribution in [3.05, 3.63) is 23.8 Å². The number of rotatable bonds is 0. The lowest BCUT2D eigenvalue weighted by Crippen LogP contribution is -1.95. The molecule has 0 saturated carbocycles. The lowest BCUT2D eigenvalue weighted by Gasteiger charge is -1.97. The van der Waals surface area contributed by atoms with E-state index in [0.29, 0.717) is 13.4 Å². The molecule has 0 fully saturated rings. The van der Waals surface area contributed by atoms with E-state index in [4.69, 9.17) is 9.47 Å². The lowest BCUT2D eigenvalue weighted by atomic mass is 10.6. The van der Waals surface area contributed by atoms with E-state index in [1.165, 1.54) is 6.26 Å². The minimum Gasteiger partial charge on any atom is -0.466 e. The Morgan fingerprint density at radius 1 is 1.38 bits per heavy atom. The first-order chi connectivity index (χ1) is 4.00. The van der Waals surface area contributed by atoms with Gasteiger partial charge in [0.15, 0.2) is 6.79 Å². The van der Waals surface area contributed by atoms with Crippen LogP contribution in [0.5, 0.6) is 0 Å². The summed E-state index contributed by atoms with van der Waals surface area (Å²) in [6, 6.07) is 0. The van der Waals surface area contributed by atoms with Gasteiger partial charge in [-0.25, -0.2) is 0 Å². The first kappa shape index (κ1) is 5.20. The molecule has 1 heterocycles. The molecule has 1 rings (SSSR count). The number of hydrogen-bond donors (Lipinski definition) is 0. The zero-order chi connectivity index (χ0) is 5.66. The van der Waals surface area contributed by atoms with Crippen molar-refractivity contribution in [1.29, 1.82) is 0 Å². The topological polar surface area (TPSA) is 18.5 Å². The quantitative estimate of drug-likeness (QED) is 0.430. The molecule has 42 valence electrons. The summed E-state index contributed by atoms with van der Waals surface area (Å²) >= 11 is 0. The Morgan fingerprint density at radius 3 is 3.38 bits per heavy atom. The first-order valence-corrected chi connectivity index (χ1v) is 2.34. The van der Waals surface area contributed by atoms with Crippen molar-refractivity contribution in [2.24, 2.45) is 0 Å². The Bertz CT molecular complexity index is 130. The van der Waals surface area contributed by atoms with Gasteiger partial charge in [0, 0.05) is 0 Å². The lowest BCUT2D eigenvalue weighted by molar-refractivity contribution is 0.00156. The van der Waals surface area contributed by atoms with Gasteiger partial charge in [-0.1, -0.05) is 5.73 Å². The Labute approximate surface area is 47.7 Å². The van der Waals surface area contributed by atoms with Crippen LogP contribution in [0.15, 0.2) is 23.8 Å². The van der Waals surface area contributed by atoms with Crippen LogP contribution in [-0.4, -0.2) is 13.4 Å². The molecule has 0 spiro atoms. The van der Waals surface area contributed by atoms with E-state index in [-0.39, 0.29) is 0 Å². The maximum atomic E-state index is 4.86. The zero-order valence-corrected chi connectivity index (χ0v) is 4.39. The number of ether oxygens (including phenoxy) is 2. The number of hydrogen-bond acceptors (Lipinski definition) is 2. The molecule has 2 nitrogen and oxygen atoms in total. The van der Waals surface area contributed by atoms with Crippen molar-refractivity contribution < 1.29 is 9.47 Å². The van der Waals surface area contributed by atoms with E-state index in [1.807, 2.05) is 0 Å². The van der Waals surface area contributed by atoms with Gasteiger partial charge in [-0.3, -0.25) is 0 Å². The van der Waals surface area contributed by atoms with Gasteiger partial charge < -0.3 is 9.47 Å². The Morgan fingerprint density at radius 2 is 2.38 bits per heavy atom. The second-order valence-electron chi connectivity index (χ2n) is 1.27. The van der Waals surface area contributed by atoms with Crippen molar-refractivity contribution in [2.75, 3.05) is 13.4 Å². The van der Waals surface area contributed by atoms with Crippen LogP contribution in [0.4, 0.5) is 0 Å². The van der Waals surface area contributed by atoms with Gasteiger partial charge in [0.25, 0.3) is 0 Å². The van der Waals surface area contributed by atoms with Crippen LogP contribution in [0, 0.1) is 0 Å². The third kappa shape index (κ3) is 1.67. The van der Waals surface area contributed by atoms with Crippen LogP contribution in [0.3, 0.4) is 0 Å². The molecule has 0 atom stereocenters. The minimum absolute atomic E-state index is 0.311. The standard InChI is InChI=1S/C6H6O2/c1-2-4-7-6-8-5-3-1/h2,5H,4,6H2. The summed E-state index contributed by atoms with van der Waals surface area (Å²) < 4.78 is 9.60. The predicted octanol–water partition coefficient (Wildman–Crippen LogP) is 0.815. The SMILES string of the molecule is C1=C=COCOCC=1. The molecule has 1 aliphatic rings. The first-order valence-electron chi connectivity index (χ1n) is 2.34. The second-order valence-corrected chi connectivity index (χ2v) is 1.27. The Kier molecular flexibility index (Phi) is 2.02. The predicted molar refractivity (Wildman–Crippen MR) is 28.1 cm³/mol. The average Bonchev–Trinajstić information content (AvgIpc) is 1.62. The molecule has 0 bridgehead atoms. The summed E-state index contributed by atoms with van der Waals surface area (Å²) in [4.78, 5) is 0. The van der Waals surface area contributed by atoms with Gasteiger partial charge in [-0.15, -0.1) is 0 Å². The molecule has 0 aromatic rings. The third-order valence-corrected chi connectivity index (χ3v) is 0.680. The van der Waals surface area contributed by atoms with Crippen molar-refractivity contribution in [3.8, 4) is 0 Å². The largest absolute Gasteiger partial charge is 0.466 e. The van der Waals surface area contributed by atoms with Crippen molar-refractivity contribution in [2.45, 2.75) is 0 Å². The molecule has 0 N–H and O–H groups in total. The van der Waals surface area contributed by atoms with E-state index in [9.17, 15) is 0 Å². The van der Waals surface area contributed by atoms with Gasteiger partial charge in [-0.2, -0.15) is 0 Å². The van der Waals surface area contributed by atoms with Crippen LogP contribution in [0.1, 0.15) is 0 Å². The normalized spacial score (nSPS) is 17.0. The molecule has 8 heavy (non-hydrogen) atoms. The minimum atomic E-state index is 0.311. The summed E-state index contributed by atoms with van der Waals surface area (Å²) in [5.41, 5.74) is 5.36. The van der Waals surface area contributed by atoms with Crippen LogP contribution in [0.25, 0.3) is 0 Å². The van der Waals surface area contributed by atoms with E-state index in [1.54, 1.807) is 6.08 Å². The summed E-state index contributed by atoms with van der Waals surface area (Å²) in [5, 5.41) is 0. The van der Waals surface area contributed by atoms with Crippen LogP contribution in [-0.2, 0) is 9.47 Å². The fourth-order valence-corrected chi connectivity index (χ4v) is 0.365. The third-order valence-electron chi connectivity index (χ3n) is 0.680. The molecule has 0 amide bonds. The van der Waals surface area contributed by atoms with Crippen molar-refractivity contribution in [3.63, 3.8) is 0 Å². The molecule has 1 aliphatic heterocycles. The van der Waals surface area contributed by atoms with Crippen LogP contribution < -0.4 is 0 Å². The highest BCUT2D eigenvalue weighted by atomic mass is 16.7. The molecule has 0 radical (unpaired) electrons. The maximum Gasteiger partial charge on any atom is 0.189 e. The van der Waals surface area contributed by atoms with Gasteiger partial charge in [0.1, 0.15) is 6.26 Å². The smallest absolute Gasteiger partial charge is 0.189 e. The van der Waals surface area contributed by atoms with Gasteiger partial charge in [-0.05, 0) is 11.8 Å². The molecule has 0 aliphatic carbocycles. The van der Waals surface area contributed by atoms with Crippen LogP contribution >= 0.6 is 0 Å². The molecule has 0 aromatic heterocycles. The van der Waals surface area contributed by atoms with Crippen molar-refractivity contribution in [1.82, 2.24) is 0 Å². The molecule has 0 aromatic carbocycles. The van der Waals surface area contributed by atoms with E-state index in [0.717, 1.165) is 0 Å². The van der Waals surface area contributed by atoms with E-state index < -0.39 is 0 Å². The zero-order valence-electron chi connectivity index (χ0n) is 4.39. The Balaban J connectivity index is 2.59. The highest BCUT2D eigenvalue weighted by Gasteiger charge is 1.79. The molecule has 0 unspecified atom stereocenters. The maximum absolute atomic E-state index is 4.86. The van der Waals surface area contributed by atoms with Crippen LogP contribution in [0.2, 0.25) is 0 Å².